The van der Waals surface area contributed by atoms with E-state index in [2.05, 4.69) is 11.4 Å². The molecule has 0 aliphatic heterocycles. The van der Waals surface area contributed by atoms with Gasteiger partial charge in [0.25, 0.3) is 0 Å². The van der Waals surface area contributed by atoms with Gasteiger partial charge in [-0.1, -0.05) is 18.2 Å². The second kappa shape index (κ2) is 6.62. The first kappa shape index (κ1) is 16.7. The van der Waals surface area contributed by atoms with Crippen molar-refractivity contribution in [1.82, 2.24) is 4.31 Å². The van der Waals surface area contributed by atoms with Crippen LogP contribution in [-0.4, -0.2) is 32.7 Å². The average Bonchev–Trinajstić information content (AvgIpc) is 2.49. The summed E-state index contributed by atoms with van der Waals surface area (Å²) in [6, 6.07) is 4.98. The Bertz CT molecular complexity index is 693. The molecular formula is C16H22N2O3S. The number of nitrogens with zero attached hydrogens (tertiary/aromatic N) is 1. The number of aryl methyl sites for hydroxylation is 1. The summed E-state index contributed by atoms with van der Waals surface area (Å²) in [5, 5.41) is 2.83. The van der Waals surface area contributed by atoms with E-state index in [1.807, 2.05) is 6.08 Å². The standard InChI is InChI=1S/C16H22N2O3S/c1-12-9-10-14(11-15(12)22(20,21)18(2)3)17-16(19)13-7-5-4-6-8-13/h4-5,9-11,13H,6-8H2,1-3H3,(H,17,19). The number of hydrogen-bond donors (Lipinski definition) is 1. The van der Waals surface area contributed by atoms with Crippen LogP contribution in [-0.2, 0) is 14.8 Å². The smallest absolute Gasteiger partial charge is 0.242 e. The minimum Gasteiger partial charge on any atom is -0.326 e. The molecule has 5 nitrogen and oxygen atoms in total. The molecule has 1 atom stereocenters. The van der Waals surface area contributed by atoms with Gasteiger partial charge < -0.3 is 5.32 Å². The lowest BCUT2D eigenvalue weighted by atomic mass is 9.93. The number of anilines is 1. The van der Waals surface area contributed by atoms with Crippen molar-refractivity contribution in [3.8, 4) is 0 Å². The summed E-state index contributed by atoms with van der Waals surface area (Å²) < 4.78 is 25.8. The van der Waals surface area contributed by atoms with Gasteiger partial charge in [-0.2, -0.15) is 0 Å². The van der Waals surface area contributed by atoms with Gasteiger partial charge in [0, 0.05) is 25.7 Å². The predicted octanol–water partition coefficient (Wildman–Crippen LogP) is 2.54. The van der Waals surface area contributed by atoms with Gasteiger partial charge >= 0.3 is 0 Å². The lowest BCUT2D eigenvalue weighted by Crippen LogP contribution is -2.25. The van der Waals surface area contributed by atoms with Crippen molar-refractivity contribution < 1.29 is 13.2 Å². The van der Waals surface area contributed by atoms with Crippen molar-refractivity contribution in [2.75, 3.05) is 19.4 Å². The number of carbonyl (C=O) groups excluding carboxylic acids is 1. The monoisotopic (exact) mass is 322 g/mol. The Labute approximate surface area is 132 Å². The second-order valence-electron chi connectivity index (χ2n) is 5.74. The van der Waals surface area contributed by atoms with E-state index in [0.29, 0.717) is 11.3 Å². The number of rotatable bonds is 4. The van der Waals surface area contributed by atoms with Crippen LogP contribution >= 0.6 is 0 Å². The number of amides is 1. The minimum atomic E-state index is -3.52. The predicted molar refractivity (Wildman–Crippen MR) is 87.2 cm³/mol. The van der Waals surface area contributed by atoms with Gasteiger partial charge in [0.1, 0.15) is 0 Å². The molecule has 1 unspecified atom stereocenters. The minimum absolute atomic E-state index is 0.0415. The van der Waals surface area contributed by atoms with Crippen LogP contribution in [0.2, 0.25) is 0 Å². The quantitative estimate of drug-likeness (QED) is 0.866. The van der Waals surface area contributed by atoms with Crippen LogP contribution in [0, 0.1) is 12.8 Å². The van der Waals surface area contributed by atoms with Gasteiger partial charge in [0.05, 0.1) is 4.90 Å². The summed E-state index contributed by atoms with van der Waals surface area (Å²) in [7, 11) is -0.531. The maximum absolute atomic E-state index is 12.3. The molecule has 1 amide bonds. The summed E-state index contributed by atoms with van der Waals surface area (Å²) in [6.45, 7) is 1.74. The van der Waals surface area contributed by atoms with Crippen molar-refractivity contribution in [3.63, 3.8) is 0 Å². The Morgan fingerprint density at radius 2 is 2.00 bits per heavy atom. The van der Waals surface area contributed by atoms with Crippen molar-refractivity contribution >= 4 is 21.6 Å². The van der Waals surface area contributed by atoms with E-state index in [-0.39, 0.29) is 16.7 Å². The number of nitrogens with one attached hydrogen (secondary N) is 1. The van der Waals surface area contributed by atoms with Gasteiger partial charge in [-0.25, -0.2) is 12.7 Å². The summed E-state index contributed by atoms with van der Waals surface area (Å²) in [5.41, 5.74) is 1.18. The van der Waals surface area contributed by atoms with Crippen molar-refractivity contribution in [3.05, 3.63) is 35.9 Å². The van der Waals surface area contributed by atoms with Gasteiger partial charge in [-0.15, -0.1) is 0 Å². The van der Waals surface area contributed by atoms with Crippen LogP contribution in [0.15, 0.2) is 35.2 Å². The number of benzene rings is 1. The zero-order valence-corrected chi connectivity index (χ0v) is 14.0. The van der Waals surface area contributed by atoms with Crippen LogP contribution < -0.4 is 5.32 Å². The highest BCUT2D eigenvalue weighted by Gasteiger charge is 2.22. The molecule has 1 N–H and O–H groups in total. The summed E-state index contributed by atoms with van der Waals surface area (Å²) >= 11 is 0. The molecule has 120 valence electrons. The van der Waals surface area contributed by atoms with E-state index >= 15 is 0 Å². The summed E-state index contributed by atoms with van der Waals surface area (Å²) in [5.74, 6) is -0.0957. The van der Waals surface area contributed by atoms with Gasteiger partial charge in [0.15, 0.2) is 0 Å². The lowest BCUT2D eigenvalue weighted by Gasteiger charge is -2.18. The Morgan fingerprint density at radius 3 is 2.59 bits per heavy atom. The van der Waals surface area contributed by atoms with E-state index in [0.717, 1.165) is 19.3 Å². The molecule has 0 bridgehead atoms. The Morgan fingerprint density at radius 1 is 1.27 bits per heavy atom. The molecule has 0 saturated heterocycles. The van der Waals surface area contributed by atoms with Gasteiger partial charge in [-0.3, -0.25) is 4.79 Å². The fourth-order valence-corrected chi connectivity index (χ4v) is 3.57. The molecule has 1 aromatic rings. The van der Waals surface area contributed by atoms with Crippen LogP contribution in [0.5, 0.6) is 0 Å². The zero-order valence-electron chi connectivity index (χ0n) is 13.2. The normalized spacial score (nSPS) is 18.5. The Balaban J connectivity index is 2.23. The summed E-state index contributed by atoms with van der Waals surface area (Å²) in [4.78, 5) is 12.5. The van der Waals surface area contributed by atoms with Crippen molar-refractivity contribution in [2.45, 2.75) is 31.1 Å². The molecule has 0 saturated carbocycles. The lowest BCUT2D eigenvalue weighted by molar-refractivity contribution is -0.120. The fourth-order valence-electron chi connectivity index (χ4n) is 2.43. The van der Waals surface area contributed by atoms with Crippen LogP contribution in [0.25, 0.3) is 0 Å². The maximum Gasteiger partial charge on any atom is 0.242 e. The highest BCUT2D eigenvalue weighted by molar-refractivity contribution is 7.89. The van der Waals surface area contributed by atoms with Gasteiger partial charge in [0.2, 0.25) is 15.9 Å². The van der Waals surface area contributed by atoms with E-state index in [4.69, 9.17) is 0 Å². The molecular weight excluding hydrogens is 300 g/mol. The molecule has 0 radical (unpaired) electrons. The molecule has 0 heterocycles. The summed E-state index contributed by atoms with van der Waals surface area (Å²) in [6.07, 6.45) is 6.58. The highest BCUT2D eigenvalue weighted by Crippen LogP contribution is 2.24. The van der Waals surface area contributed by atoms with E-state index in [9.17, 15) is 13.2 Å². The van der Waals surface area contributed by atoms with E-state index < -0.39 is 10.0 Å². The van der Waals surface area contributed by atoms with Crippen LogP contribution in [0.1, 0.15) is 24.8 Å². The number of hydrogen-bond acceptors (Lipinski definition) is 3. The van der Waals surface area contributed by atoms with Crippen LogP contribution in [0.3, 0.4) is 0 Å². The molecule has 22 heavy (non-hydrogen) atoms. The van der Waals surface area contributed by atoms with Crippen LogP contribution in [0.4, 0.5) is 5.69 Å². The fraction of sp³-hybridized carbons (Fsp3) is 0.438. The second-order valence-corrected chi connectivity index (χ2v) is 7.86. The zero-order chi connectivity index (χ0) is 16.3. The van der Waals surface area contributed by atoms with Crippen molar-refractivity contribution in [1.29, 1.82) is 0 Å². The number of allylic oxidation sites excluding steroid dienone is 2. The first-order valence-electron chi connectivity index (χ1n) is 7.31. The molecule has 1 aliphatic carbocycles. The first-order valence-corrected chi connectivity index (χ1v) is 8.75. The highest BCUT2D eigenvalue weighted by atomic mass is 32.2. The third-order valence-corrected chi connectivity index (χ3v) is 5.81. The molecule has 6 heteroatoms. The number of carbonyl (C=O) groups is 1. The first-order chi connectivity index (χ1) is 10.3. The molecule has 0 spiro atoms. The third-order valence-electron chi connectivity index (χ3n) is 3.85. The Hall–Kier alpha value is -1.66. The molecule has 0 aromatic heterocycles. The topological polar surface area (TPSA) is 66.5 Å². The third kappa shape index (κ3) is 3.56. The molecule has 0 fully saturated rings. The molecule has 2 rings (SSSR count). The van der Waals surface area contributed by atoms with Crippen molar-refractivity contribution in [2.24, 2.45) is 5.92 Å². The largest absolute Gasteiger partial charge is 0.326 e. The maximum atomic E-state index is 12.3. The van der Waals surface area contributed by atoms with Gasteiger partial charge in [-0.05, 0) is 43.9 Å². The molecule has 1 aromatic carbocycles. The SMILES string of the molecule is Cc1ccc(NC(=O)C2CC=CCC2)cc1S(=O)(=O)N(C)C. The van der Waals surface area contributed by atoms with E-state index in [1.165, 1.54) is 24.5 Å². The molecule has 1 aliphatic rings. The number of sulfonamides is 1. The average molecular weight is 322 g/mol. The van der Waals surface area contributed by atoms with E-state index in [1.54, 1.807) is 19.1 Å². The Kier molecular flexibility index (Phi) is 5.03.